The monoisotopic (exact) mass is 267 g/mol. The van der Waals surface area contributed by atoms with E-state index in [2.05, 4.69) is 4.98 Å². The van der Waals surface area contributed by atoms with Crippen LogP contribution in [0.25, 0.3) is 11.0 Å². The topological polar surface area (TPSA) is 53.1 Å². The third kappa shape index (κ3) is 1.87. The predicted octanol–water partition coefficient (Wildman–Crippen LogP) is 2.42. The summed E-state index contributed by atoms with van der Waals surface area (Å²) >= 11 is 0. The molecule has 3 rings (SSSR count). The fraction of sp³-hybridized carbons (Fsp3) is 0.462. The van der Waals surface area contributed by atoms with E-state index in [9.17, 15) is 8.78 Å². The number of imidazole rings is 1. The minimum atomic E-state index is -0.684. The molecule has 0 amide bonds. The van der Waals surface area contributed by atoms with Gasteiger partial charge in [0.2, 0.25) is 5.95 Å². The third-order valence-corrected chi connectivity index (χ3v) is 3.81. The van der Waals surface area contributed by atoms with Crippen LogP contribution < -0.4 is 5.73 Å². The molecule has 4 nitrogen and oxygen atoms in total. The molecular weight excluding hydrogens is 252 g/mol. The first kappa shape index (κ1) is 12.3. The lowest BCUT2D eigenvalue weighted by molar-refractivity contribution is 0.0320. The highest BCUT2D eigenvalue weighted by Crippen LogP contribution is 2.35. The first-order valence-electron chi connectivity index (χ1n) is 6.22. The minimum Gasteiger partial charge on any atom is -0.381 e. The molecule has 0 spiro atoms. The van der Waals surface area contributed by atoms with Crippen LogP contribution >= 0.6 is 0 Å². The number of nitrogen functional groups attached to an aromatic ring is 1. The summed E-state index contributed by atoms with van der Waals surface area (Å²) in [6.07, 6.45) is 1.47. The van der Waals surface area contributed by atoms with Crippen LogP contribution in [0.2, 0.25) is 0 Å². The van der Waals surface area contributed by atoms with E-state index >= 15 is 0 Å². The van der Waals surface area contributed by atoms with E-state index in [1.807, 2.05) is 6.92 Å². The van der Waals surface area contributed by atoms with Crippen LogP contribution in [-0.4, -0.2) is 22.8 Å². The Labute approximate surface area is 109 Å². The van der Waals surface area contributed by atoms with Gasteiger partial charge in [-0.15, -0.1) is 0 Å². The van der Waals surface area contributed by atoms with Crippen LogP contribution in [0.1, 0.15) is 19.8 Å². The van der Waals surface area contributed by atoms with Crippen molar-refractivity contribution in [1.29, 1.82) is 0 Å². The molecule has 1 fully saturated rings. The van der Waals surface area contributed by atoms with Crippen molar-refractivity contribution < 1.29 is 13.5 Å². The fourth-order valence-electron chi connectivity index (χ4n) is 2.72. The zero-order chi connectivity index (χ0) is 13.6. The second-order valence-electron chi connectivity index (χ2n) is 5.17. The first-order chi connectivity index (χ1) is 9.01. The van der Waals surface area contributed by atoms with Gasteiger partial charge in [0.1, 0.15) is 11.3 Å². The number of hydrogen-bond acceptors (Lipinski definition) is 3. The second-order valence-corrected chi connectivity index (χ2v) is 5.17. The summed E-state index contributed by atoms with van der Waals surface area (Å²) in [6, 6.07) is 2.11. The van der Waals surface area contributed by atoms with Gasteiger partial charge in [0.15, 0.2) is 5.82 Å². The van der Waals surface area contributed by atoms with Gasteiger partial charge in [-0.25, -0.2) is 13.8 Å². The average molecular weight is 267 g/mol. The molecule has 0 atom stereocenters. The lowest BCUT2D eigenvalue weighted by Crippen LogP contribution is -2.37. The number of fused-ring (bicyclic) bond motifs is 1. The highest BCUT2D eigenvalue weighted by Gasteiger charge is 2.33. The predicted molar refractivity (Wildman–Crippen MR) is 67.8 cm³/mol. The van der Waals surface area contributed by atoms with Crippen molar-refractivity contribution in [3.63, 3.8) is 0 Å². The molecule has 0 unspecified atom stereocenters. The molecule has 1 aliphatic heterocycles. The van der Waals surface area contributed by atoms with Crippen molar-refractivity contribution in [1.82, 2.24) is 9.55 Å². The smallest absolute Gasteiger partial charge is 0.201 e. The summed E-state index contributed by atoms with van der Waals surface area (Å²) < 4.78 is 34.2. The summed E-state index contributed by atoms with van der Waals surface area (Å²) in [5, 5.41) is 0. The summed E-state index contributed by atoms with van der Waals surface area (Å²) in [5.41, 5.74) is 6.11. The summed E-state index contributed by atoms with van der Waals surface area (Å²) in [5.74, 6) is -1.10. The largest absolute Gasteiger partial charge is 0.381 e. The zero-order valence-corrected chi connectivity index (χ0v) is 10.6. The maximum absolute atomic E-state index is 13.7. The van der Waals surface area contributed by atoms with Gasteiger partial charge in [-0.1, -0.05) is 0 Å². The zero-order valence-electron chi connectivity index (χ0n) is 10.6. The van der Waals surface area contributed by atoms with Crippen molar-refractivity contribution >= 4 is 17.0 Å². The number of halogens is 2. The number of benzene rings is 1. The van der Waals surface area contributed by atoms with E-state index in [1.165, 1.54) is 6.07 Å². The van der Waals surface area contributed by atoms with E-state index in [1.54, 1.807) is 4.57 Å². The van der Waals surface area contributed by atoms with Crippen LogP contribution in [0.5, 0.6) is 0 Å². The Balaban J connectivity index is 2.25. The molecule has 0 bridgehead atoms. The number of rotatable bonds is 1. The highest BCUT2D eigenvalue weighted by molar-refractivity contribution is 5.79. The van der Waals surface area contributed by atoms with Gasteiger partial charge in [-0.3, -0.25) is 0 Å². The molecule has 2 N–H and O–H groups in total. The molecule has 19 heavy (non-hydrogen) atoms. The second kappa shape index (κ2) is 4.16. The Morgan fingerprint density at radius 1 is 1.32 bits per heavy atom. The summed E-state index contributed by atoms with van der Waals surface area (Å²) in [4.78, 5) is 4.03. The Bertz CT molecular complexity index is 632. The van der Waals surface area contributed by atoms with E-state index in [-0.39, 0.29) is 17.0 Å². The number of anilines is 1. The molecule has 1 saturated heterocycles. The van der Waals surface area contributed by atoms with Crippen LogP contribution in [0.15, 0.2) is 12.1 Å². The Kier molecular flexibility index (Phi) is 2.70. The van der Waals surface area contributed by atoms with Gasteiger partial charge < -0.3 is 15.0 Å². The van der Waals surface area contributed by atoms with E-state index in [0.717, 1.165) is 18.9 Å². The van der Waals surface area contributed by atoms with Crippen LogP contribution in [0.3, 0.4) is 0 Å². The fourth-order valence-corrected chi connectivity index (χ4v) is 2.72. The van der Waals surface area contributed by atoms with Crippen molar-refractivity contribution in [2.24, 2.45) is 0 Å². The van der Waals surface area contributed by atoms with Crippen LogP contribution in [0.4, 0.5) is 14.7 Å². The van der Waals surface area contributed by atoms with Gasteiger partial charge in [-0.05, 0) is 19.8 Å². The first-order valence-corrected chi connectivity index (χ1v) is 6.22. The van der Waals surface area contributed by atoms with Crippen molar-refractivity contribution in [2.45, 2.75) is 25.3 Å². The van der Waals surface area contributed by atoms with Crippen molar-refractivity contribution in [2.75, 3.05) is 18.9 Å². The van der Waals surface area contributed by atoms with Gasteiger partial charge in [0.05, 0.1) is 5.52 Å². The Morgan fingerprint density at radius 3 is 2.68 bits per heavy atom. The molecule has 0 radical (unpaired) electrons. The number of nitrogens with zero attached hydrogens (tertiary/aromatic N) is 2. The number of nitrogens with two attached hydrogens (primary N) is 1. The lowest BCUT2D eigenvalue weighted by Gasteiger charge is -2.36. The number of aromatic nitrogens is 2. The number of ether oxygens (including phenoxy) is 1. The molecule has 2 aromatic rings. The van der Waals surface area contributed by atoms with E-state index < -0.39 is 11.6 Å². The molecule has 1 aromatic carbocycles. The summed E-state index contributed by atoms with van der Waals surface area (Å²) in [7, 11) is 0. The van der Waals surface area contributed by atoms with Crippen molar-refractivity contribution in [3.8, 4) is 0 Å². The molecular formula is C13H15F2N3O. The quantitative estimate of drug-likeness (QED) is 0.863. The van der Waals surface area contributed by atoms with Gasteiger partial charge in [-0.2, -0.15) is 0 Å². The minimum absolute atomic E-state index is 0.117. The molecule has 0 aliphatic carbocycles. The van der Waals surface area contributed by atoms with Crippen molar-refractivity contribution in [3.05, 3.63) is 23.8 Å². The highest BCUT2D eigenvalue weighted by atomic mass is 19.1. The molecule has 0 saturated carbocycles. The molecule has 6 heteroatoms. The van der Waals surface area contributed by atoms with E-state index in [0.29, 0.717) is 18.7 Å². The maximum atomic E-state index is 13.7. The SMILES string of the molecule is CC1(n2c(N)nc3c(F)cc(F)cc32)CCOCC1. The maximum Gasteiger partial charge on any atom is 0.201 e. The lowest BCUT2D eigenvalue weighted by atomic mass is 9.92. The summed E-state index contributed by atoms with van der Waals surface area (Å²) in [6.45, 7) is 3.22. The average Bonchev–Trinajstić information content (AvgIpc) is 2.67. The molecule has 1 aliphatic rings. The molecule has 1 aromatic heterocycles. The van der Waals surface area contributed by atoms with E-state index in [4.69, 9.17) is 10.5 Å². The standard InChI is InChI=1S/C13H15F2N3O/c1-13(2-4-19-5-3-13)18-10-7-8(14)6-9(15)11(10)17-12(18)16/h6-7H,2-5H2,1H3,(H2,16,17). The van der Waals surface area contributed by atoms with Gasteiger partial charge in [0.25, 0.3) is 0 Å². The Hall–Kier alpha value is -1.69. The van der Waals surface area contributed by atoms with Gasteiger partial charge in [0, 0.05) is 30.9 Å². The van der Waals surface area contributed by atoms with Crippen LogP contribution in [-0.2, 0) is 10.3 Å². The normalized spacial score (nSPS) is 18.9. The van der Waals surface area contributed by atoms with Crippen LogP contribution in [0, 0.1) is 11.6 Å². The molecule has 102 valence electrons. The third-order valence-electron chi connectivity index (χ3n) is 3.81. The van der Waals surface area contributed by atoms with Gasteiger partial charge >= 0.3 is 0 Å². The number of hydrogen-bond donors (Lipinski definition) is 1. The molecule has 2 heterocycles. The Morgan fingerprint density at radius 2 is 2.00 bits per heavy atom.